The second-order valence-corrected chi connectivity index (χ2v) is 2.71. The molecule has 0 aromatic rings. The molecule has 0 saturated carbocycles. The van der Waals surface area contributed by atoms with Crippen LogP contribution < -0.4 is 5.32 Å². The fourth-order valence-electron chi connectivity index (χ4n) is 0.818. The maximum Gasteiger partial charge on any atom is 0.217 e. The van der Waals surface area contributed by atoms with Crippen LogP contribution in [0.3, 0.4) is 0 Å². The van der Waals surface area contributed by atoms with Crippen LogP contribution in [0.1, 0.15) is 13.3 Å². The first kappa shape index (κ1) is 10.7. The average Bonchev–Trinajstić information content (AvgIpc) is 1.87. The van der Waals surface area contributed by atoms with E-state index in [9.17, 15) is 4.79 Å². The zero-order chi connectivity index (χ0) is 8.69. The summed E-state index contributed by atoms with van der Waals surface area (Å²) in [4.78, 5) is 10.6. The molecule has 1 amide bonds. The van der Waals surface area contributed by atoms with E-state index in [1.807, 2.05) is 0 Å². The summed E-state index contributed by atoms with van der Waals surface area (Å²) in [5.41, 5.74) is 0. The second-order valence-electron chi connectivity index (χ2n) is 2.33. The molecule has 11 heavy (non-hydrogen) atoms. The maximum atomic E-state index is 10.6. The number of carbonyl (C=O) groups excluding carboxylic acids is 1. The smallest absolute Gasteiger partial charge is 0.217 e. The quantitative estimate of drug-likeness (QED) is 0.634. The van der Waals surface area contributed by atoms with E-state index in [0.717, 1.165) is 6.42 Å². The lowest BCUT2D eigenvalue weighted by Crippen LogP contribution is -2.36. The third-order valence-electron chi connectivity index (χ3n) is 1.23. The molecule has 1 atom stereocenters. The molecule has 4 heteroatoms. The van der Waals surface area contributed by atoms with Crippen molar-refractivity contribution >= 4 is 17.5 Å². The Morgan fingerprint density at radius 3 is 2.73 bits per heavy atom. The molecule has 3 nitrogen and oxygen atoms in total. The van der Waals surface area contributed by atoms with E-state index >= 15 is 0 Å². The van der Waals surface area contributed by atoms with Crippen molar-refractivity contribution in [3.8, 4) is 0 Å². The van der Waals surface area contributed by atoms with E-state index in [2.05, 4.69) is 5.32 Å². The fraction of sp³-hybridized carbons (Fsp3) is 0.857. The molecule has 0 aliphatic heterocycles. The minimum atomic E-state index is -0.0443. The van der Waals surface area contributed by atoms with Crippen molar-refractivity contribution in [1.82, 2.24) is 5.32 Å². The SMILES string of the molecule is COCC(CCCl)NC(C)=O. The molecule has 0 aliphatic rings. The summed E-state index contributed by atoms with van der Waals surface area (Å²) in [6.07, 6.45) is 0.745. The van der Waals surface area contributed by atoms with E-state index < -0.39 is 0 Å². The highest BCUT2D eigenvalue weighted by Crippen LogP contribution is 1.94. The molecule has 0 aromatic carbocycles. The van der Waals surface area contributed by atoms with Gasteiger partial charge in [-0.05, 0) is 6.42 Å². The highest BCUT2D eigenvalue weighted by molar-refractivity contribution is 6.17. The molecule has 66 valence electrons. The Morgan fingerprint density at radius 1 is 1.73 bits per heavy atom. The normalized spacial score (nSPS) is 12.6. The highest BCUT2D eigenvalue weighted by atomic mass is 35.5. The molecule has 0 saturated heterocycles. The van der Waals surface area contributed by atoms with E-state index in [1.165, 1.54) is 6.92 Å². The summed E-state index contributed by atoms with van der Waals surface area (Å²) in [6, 6.07) is 0.0509. The summed E-state index contributed by atoms with van der Waals surface area (Å²) in [5, 5.41) is 2.73. The van der Waals surface area contributed by atoms with Crippen molar-refractivity contribution in [3.05, 3.63) is 0 Å². The van der Waals surface area contributed by atoms with Crippen LogP contribution in [0.4, 0.5) is 0 Å². The molecule has 1 N–H and O–H groups in total. The van der Waals surface area contributed by atoms with Crippen molar-refractivity contribution in [2.75, 3.05) is 19.6 Å². The summed E-state index contributed by atoms with van der Waals surface area (Å²) in [6.45, 7) is 2.00. The number of ether oxygens (including phenoxy) is 1. The van der Waals surface area contributed by atoms with Gasteiger partial charge in [-0.2, -0.15) is 0 Å². The number of rotatable bonds is 5. The van der Waals surface area contributed by atoms with Crippen LogP contribution in [0.15, 0.2) is 0 Å². The number of methoxy groups -OCH3 is 1. The number of halogens is 1. The van der Waals surface area contributed by atoms with Crippen LogP contribution in [0, 0.1) is 0 Å². The first-order valence-corrected chi connectivity index (χ1v) is 4.06. The minimum Gasteiger partial charge on any atom is -0.383 e. The van der Waals surface area contributed by atoms with Crippen molar-refractivity contribution < 1.29 is 9.53 Å². The highest BCUT2D eigenvalue weighted by Gasteiger charge is 2.07. The largest absolute Gasteiger partial charge is 0.383 e. The van der Waals surface area contributed by atoms with E-state index in [-0.39, 0.29) is 11.9 Å². The minimum absolute atomic E-state index is 0.0443. The van der Waals surface area contributed by atoms with Gasteiger partial charge in [-0.3, -0.25) is 4.79 Å². The van der Waals surface area contributed by atoms with Gasteiger partial charge < -0.3 is 10.1 Å². The molecule has 0 rings (SSSR count). The van der Waals surface area contributed by atoms with Gasteiger partial charge in [0, 0.05) is 19.9 Å². The van der Waals surface area contributed by atoms with Crippen LogP contribution in [0.5, 0.6) is 0 Å². The Labute approximate surface area is 72.1 Å². The first-order valence-electron chi connectivity index (χ1n) is 3.52. The number of hydrogen-bond donors (Lipinski definition) is 1. The third-order valence-corrected chi connectivity index (χ3v) is 1.45. The summed E-state index contributed by atoms with van der Waals surface area (Å²) in [5.74, 6) is 0.492. The topological polar surface area (TPSA) is 38.3 Å². The van der Waals surface area contributed by atoms with Gasteiger partial charge in [0.05, 0.1) is 12.6 Å². The molecular weight excluding hydrogens is 166 g/mol. The lowest BCUT2D eigenvalue weighted by Gasteiger charge is -2.14. The molecule has 0 heterocycles. The monoisotopic (exact) mass is 179 g/mol. The Balaban J connectivity index is 3.59. The molecule has 0 aromatic heterocycles. The molecule has 1 unspecified atom stereocenters. The van der Waals surface area contributed by atoms with Gasteiger partial charge in [0.2, 0.25) is 5.91 Å². The Morgan fingerprint density at radius 2 is 2.36 bits per heavy atom. The van der Waals surface area contributed by atoms with Gasteiger partial charge in [-0.1, -0.05) is 0 Å². The van der Waals surface area contributed by atoms with Crippen LogP contribution >= 0.6 is 11.6 Å². The summed E-state index contributed by atoms with van der Waals surface area (Å²) >= 11 is 5.51. The van der Waals surface area contributed by atoms with Crippen molar-refractivity contribution in [2.45, 2.75) is 19.4 Å². The number of hydrogen-bond acceptors (Lipinski definition) is 2. The van der Waals surface area contributed by atoms with Crippen LogP contribution in [0.25, 0.3) is 0 Å². The molecule has 0 bridgehead atoms. The standard InChI is InChI=1S/C7H14ClNO2/c1-6(10)9-7(3-4-8)5-11-2/h7H,3-5H2,1-2H3,(H,9,10). The summed E-state index contributed by atoms with van der Waals surface area (Å²) < 4.78 is 4.88. The predicted molar refractivity (Wildman–Crippen MR) is 44.8 cm³/mol. The number of alkyl halides is 1. The maximum absolute atomic E-state index is 10.6. The molecule has 0 aliphatic carbocycles. The summed E-state index contributed by atoms with van der Waals surface area (Å²) in [7, 11) is 1.60. The Bertz CT molecular complexity index is 113. The molecule has 0 radical (unpaired) electrons. The van der Waals surface area contributed by atoms with Crippen LogP contribution in [-0.2, 0) is 9.53 Å². The molecular formula is C7H14ClNO2. The second kappa shape index (κ2) is 6.43. The Hall–Kier alpha value is -0.280. The lowest BCUT2D eigenvalue weighted by molar-refractivity contribution is -0.120. The van der Waals surface area contributed by atoms with Crippen LogP contribution in [-0.4, -0.2) is 31.5 Å². The predicted octanol–water partition coefficient (Wildman–Crippen LogP) is 0.766. The Kier molecular flexibility index (Phi) is 6.27. The zero-order valence-electron chi connectivity index (χ0n) is 6.89. The van der Waals surface area contributed by atoms with Gasteiger partial charge in [0.1, 0.15) is 0 Å². The average molecular weight is 180 g/mol. The lowest BCUT2D eigenvalue weighted by atomic mass is 10.2. The van der Waals surface area contributed by atoms with Crippen LogP contribution in [0.2, 0.25) is 0 Å². The van der Waals surface area contributed by atoms with Gasteiger partial charge in [0.25, 0.3) is 0 Å². The van der Waals surface area contributed by atoms with Gasteiger partial charge in [-0.15, -0.1) is 11.6 Å². The number of amides is 1. The number of carbonyl (C=O) groups is 1. The zero-order valence-corrected chi connectivity index (χ0v) is 7.65. The van der Waals surface area contributed by atoms with Crippen molar-refractivity contribution in [3.63, 3.8) is 0 Å². The van der Waals surface area contributed by atoms with E-state index in [1.54, 1.807) is 7.11 Å². The van der Waals surface area contributed by atoms with E-state index in [0.29, 0.717) is 12.5 Å². The third kappa shape index (κ3) is 6.13. The molecule has 0 spiro atoms. The van der Waals surface area contributed by atoms with Crippen molar-refractivity contribution in [1.29, 1.82) is 0 Å². The van der Waals surface area contributed by atoms with Crippen molar-refractivity contribution in [2.24, 2.45) is 0 Å². The van der Waals surface area contributed by atoms with Gasteiger partial charge in [0.15, 0.2) is 0 Å². The van der Waals surface area contributed by atoms with Gasteiger partial charge >= 0.3 is 0 Å². The molecule has 0 fully saturated rings. The number of nitrogens with one attached hydrogen (secondary N) is 1. The first-order chi connectivity index (χ1) is 5.20. The fourth-order valence-corrected chi connectivity index (χ4v) is 1.08. The van der Waals surface area contributed by atoms with E-state index in [4.69, 9.17) is 16.3 Å². The van der Waals surface area contributed by atoms with Gasteiger partial charge in [-0.25, -0.2) is 0 Å².